The molecule has 1 aromatic rings. The average molecular weight is 375 g/mol. The Labute approximate surface area is 160 Å². The summed E-state index contributed by atoms with van der Waals surface area (Å²) in [5.74, 6) is 0. The van der Waals surface area contributed by atoms with Crippen LogP contribution in [0.3, 0.4) is 0 Å². The molecule has 3 rings (SSSR count). The minimum absolute atomic E-state index is 0.0352. The maximum atomic E-state index is 12.7. The number of amides is 2. The zero-order chi connectivity index (χ0) is 19.7. The third-order valence-electron chi connectivity index (χ3n) is 5.01. The molecule has 27 heavy (non-hydrogen) atoms. The molecule has 1 heterocycles. The zero-order valence-electron chi connectivity index (χ0n) is 16.3. The van der Waals surface area contributed by atoms with Crippen molar-refractivity contribution in [1.29, 1.82) is 0 Å². The van der Waals surface area contributed by atoms with Gasteiger partial charge in [-0.1, -0.05) is 30.3 Å². The van der Waals surface area contributed by atoms with Gasteiger partial charge in [-0.15, -0.1) is 0 Å². The van der Waals surface area contributed by atoms with E-state index in [9.17, 15) is 9.59 Å². The van der Waals surface area contributed by atoms with Crippen molar-refractivity contribution in [3.05, 3.63) is 35.9 Å². The van der Waals surface area contributed by atoms with Crippen molar-refractivity contribution in [1.82, 2.24) is 9.80 Å². The van der Waals surface area contributed by atoms with Crippen LogP contribution in [0.1, 0.15) is 39.2 Å². The fraction of sp³-hybridized carbons (Fsp3) is 0.600. The van der Waals surface area contributed by atoms with Crippen molar-refractivity contribution in [2.24, 2.45) is 5.73 Å². The molecule has 0 unspecified atom stereocenters. The Hall–Kier alpha value is -2.28. The minimum Gasteiger partial charge on any atom is -0.445 e. The highest BCUT2D eigenvalue weighted by atomic mass is 16.6. The normalized spacial score (nSPS) is 25.1. The molecule has 7 heteroatoms. The molecule has 2 amide bonds. The first kappa shape index (κ1) is 19.5. The van der Waals surface area contributed by atoms with Gasteiger partial charge in [0, 0.05) is 25.7 Å². The molecule has 148 valence electrons. The molecule has 1 aromatic carbocycles. The standard InChI is InChI=1S/C20H29N3O4/c1-19(2,3)27-17(24)22-9-10-23(20(14-22)11-16(21)12-20)18(25)26-13-15-7-5-4-6-8-15/h4-8,16H,9-14,21H2,1-3H3. The third-order valence-corrected chi connectivity index (χ3v) is 5.01. The number of nitrogens with two attached hydrogens (primary N) is 1. The SMILES string of the molecule is CC(C)(C)OC(=O)N1CCN(C(=O)OCc2ccccc2)C2(CC(N)C2)C1. The van der Waals surface area contributed by atoms with Crippen LogP contribution in [0.2, 0.25) is 0 Å². The zero-order valence-corrected chi connectivity index (χ0v) is 16.3. The fourth-order valence-corrected chi connectivity index (χ4v) is 3.81. The monoisotopic (exact) mass is 375 g/mol. The van der Waals surface area contributed by atoms with E-state index in [1.165, 1.54) is 0 Å². The van der Waals surface area contributed by atoms with Gasteiger partial charge in [-0.05, 0) is 39.2 Å². The van der Waals surface area contributed by atoms with Gasteiger partial charge in [-0.25, -0.2) is 9.59 Å². The quantitative estimate of drug-likeness (QED) is 0.859. The van der Waals surface area contributed by atoms with E-state index in [2.05, 4.69) is 0 Å². The lowest BCUT2D eigenvalue weighted by atomic mass is 9.70. The van der Waals surface area contributed by atoms with Crippen molar-refractivity contribution >= 4 is 12.2 Å². The number of hydrogen-bond acceptors (Lipinski definition) is 5. The molecule has 1 aliphatic heterocycles. The van der Waals surface area contributed by atoms with E-state index in [0.29, 0.717) is 32.5 Å². The van der Waals surface area contributed by atoms with Gasteiger partial charge in [0.15, 0.2) is 0 Å². The smallest absolute Gasteiger partial charge is 0.410 e. The lowest BCUT2D eigenvalue weighted by molar-refractivity contribution is -0.0617. The Kier molecular flexibility index (Phi) is 5.33. The van der Waals surface area contributed by atoms with E-state index < -0.39 is 11.1 Å². The molecule has 2 aliphatic rings. The summed E-state index contributed by atoms with van der Waals surface area (Å²) in [6, 6.07) is 9.62. The van der Waals surface area contributed by atoms with Gasteiger partial charge in [-0.3, -0.25) is 4.90 Å². The van der Waals surface area contributed by atoms with Gasteiger partial charge in [-0.2, -0.15) is 0 Å². The molecule has 0 aromatic heterocycles. The summed E-state index contributed by atoms with van der Waals surface area (Å²) in [4.78, 5) is 28.6. The minimum atomic E-state index is -0.550. The number of carbonyl (C=O) groups is 2. The number of rotatable bonds is 2. The number of carbonyl (C=O) groups excluding carboxylic acids is 2. The van der Waals surface area contributed by atoms with Crippen LogP contribution in [-0.2, 0) is 16.1 Å². The van der Waals surface area contributed by atoms with Crippen molar-refractivity contribution < 1.29 is 19.1 Å². The van der Waals surface area contributed by atoms with Crippen LogP contribution in [0.4, 0.5) is 9.59 Å². The van der Waals surface area contributed by atoms with Crippen LogP contribution in [0, 0.1) is 0 Å². The lowest BCUT2D eigenvalue weighted by Crippen LogP contribution is -2.72. The van der Waals surface area contributed by atoms with E-state index in [4.69, 9.17) is 15.2 Å². The summed E-state index contributed by atoms with van der Waals surface area (Å²) in [6.45, 7) is 7.03. The number of nitrogens with zero attached hydrogens (tertiary/aromatic N) is 2. The second-order valence-electron chi connectivity index (χ2n) is 8.49. The van der Waals surface area contributed by atoms with Crippen LogP contribution >= 0.6 is 0 Å². The van der Waals surface area contributed by atoms with Crippen LogP contribution in [0.25, 0.3) is 0 Å². The van der Waals surface area contributed by atoms with Crippen LogP contribution in [-0.4, -0.2) is 58.8 Å². The number of ether oxygens (including phenoxy) is 2. The first-order chi connectivity index (χ1) is 12.7. The van der Waals surface area contributed by atoms with Gasteiger partial charge in [0.05, 0.1) is 5.54 Å². The molecule has 2 N–H and O–H groups in total. The van der Waals surface area contributed by atoms with Crippen molar-refractivity contribution in [3.8, 4) is 0 Å². The molecule has 1 spiro atoms. The van der Waals surface area contributed by atoms with Crippen molar-refractivity contribution in [2.45, 2.75) is 57.4 Å². The van der Waals surface area contributed by atoms with E-state index in [1.807, 2.05) is 51.1 Å². The van der Waals surface area contributed by atoms with Gasteiger partial charge in [0.2, 0.25) is 0 Å². The van der Waals surface area contributed by atoms with Crippen molar-refractivity contribution in [2.75, 3.05) is 19.6 Å². The number of piperazine rings is 1. The van der Waals surface area contributed by atoms with E-state index in [1.54, 1.807) is 9.80 Å². The number of benzene rings is 1. The van der Waals surface area contributed by atoms with Crippen LogP contribution in [0.15, 0.2) is 30.3 Å². The first-order valence-corrected chi connectivity index (χ1v) is 9.40. The Balaban J connectivity index is 1.64. The Morgan fingerprint density at radius 2 is 1.81 bits per heavy atom. The van der Waals surface area contributed by atoms with E-state index in [0.717, 1.165) is 5.56 Å². The van der Waals surface area contributed by atoms with Crippen LogP contribution < -0.4 is 5.73 Å². The molecule has 0 atom stereocenters. The predicted octanol–water partition coefficient (Wildman–Crippen LogP) is 2.74. The molecular weight excluding hydrogens is 346 g/mol. The molecule has 0 bridgehead atoms. The predicted molar refractivity (Wildman–Crippen MR) is 101 cm³/mol. The van der Waals surface area contributed by atoms with Crippen molar-refractivity contribution in [3.63, 3.8) is 0 Å². The molecule has 1 saturated heterocycles. The first-order valence-electron chi connectivity index (χ1n) is 9.40. The summed E-state index contributed by atoms with van der Waals surface area (Å²) in [5.41, 5.74) is 5.96. The maximum Gasteiger partial charge on any atom is 0.410 e. The Morgan fingerprint density at radius 3 is 2.41 bits per heavy atom. The Bertz CT molecular complexity index is 680. The van der Waals surface area contributed by atoms with Crippen LogP contribution in [0.5, 0.6) is 0 Å². The molecule has 1 saturated carbocycles. The molecule has 1 aliphatic carbocycles. The second kappa shape index (κ2) is 7.38. The highest BCUT2D eigenvalue weighted by Crippen LogP contribution is 2.40. The fourth-order valence-electron chi connectivity index (χ4n) is 3.81. The van der Waals surface area contributed by atoms with Gasteiger partial charge in [0.1, 0.15) is 12.2 Å². The summed E-state index contributed by atoms with van der Waals surface area (Å²) < 4.78 is 11.0. The van der Waals surface area contributed by atoms with E-state index >= 15 is 0 Å². The highest BCUT2D eigenvalue weighted by molar-refractivity contribution is 5.72. The van der Waals surface area contributed by atoms with Gasteiger partial charge < -0.3 is 20.1 Å². The summed E-state index contributed by atoms with van der Waals surface area (Å²) >= 11 is 0. The molecule has 2 fully saturated rings. The van der Waals surface area contributed by atoms with E-state index in [-0.39, 0.29) is 24.8 Å². The topological polar surface area (TPSA) is 85.1 Å². The lowest BCUT2D eigenvalue weighted by Gasteiger charge is -2.57. The molecular formula is C20H29N3O4. The molecule has 0 radical (unpaired) electrons. The molecule has 7 nitrogen and oxygen atoms in total. The largest absolute Gasteiger partial charge is 0.445 e. The summed E-state index contributed by atoms with van der Waals surface area (Å²) in [5, 5.41) is 0. The number of hydrogen-bond donors (Lipinski definition) is 1. The summed E-state index contributed by atoms with van der Waals surface area (Å²) in [7, 11) is 0. The van der Waals surface area contributed by atoms with Gasteiger partial charge in [0.25, 0.3) is 0 Å². The Morgan fingerprint density at radius 1 is 1.15 bits per heavy atom. The van der Waals surface area contributed by atoms with Gasteiger partial charge >= 0.3 is 12.2 Å². The third kappa shape index (κ3) is 4.53. The second-order valence-corrected chi connectivity index (χ2v) is 8.49. The highest BCUT2D eigenvalue weighted by Gasteiger charge is 2.53. The maximum absolute atomic E-state index is 12.7. The average Bonchev–Trinajstić information content (AvgIpc) is 2.58. The summed E-state index contributed by atoms with van der Waals surface area (Å²) in [6.07, 6.45) is 0.619.